The molecule has 2 aromatic rings. The molecule has 2 heteroatoms. The van der Waals surface area contributed by atoms with Crippen LogP contribution in [0.3, 0.4) is 0 Å². The second-order valence-electron chi connectivity index (χ2n) is 5.87. The maximum absolute atomic E-state index is 6.13. The van der Waals surface area contributed by atoms with E-state index in [4.69, 9.17) is 5.73 Å². The van der Waals surface area contributed by atoms with Crippen LogP contribution in [0.4, 0.5) is 5.69 Å². The molecule has 3 rings (SSSR count). The summed E-state index contributed by atoms with van der Waals surface area (Å²) in [4.78, 5) is 0. The number of hydrogen-bond donors (Lipinski definition) is 2. The molecule has 1 aliphatic carbocycles. The van der Waals surface area contributed by atoms with E-state index in [9.17, 15) is 0 Å². The molecule has 0 bridgehead atoms. The maximum atomic E-state index is 6.13. The number of benzene rings is 2. The predicted octanol–water partition coefficient (Wildman–Crippen LogP) is 3.29. The Balaban J connectivity index is 1.89. The van der Waals surface area contributed by atoms with Gasteiger partial charge in [-0.05, 0) is 48.9 Å². The number of nitrogens with two attached hydrogens (primary N) is 1. The first-order chi connectivity index (χ1) is 9.72. The van der Waals surface area contributed by atoms with Crippen molar-refractivity contribution in [2.24, 2.45) is 5.73 Å². The minimum atomic E-state index is -0.0134. The molecule has 104 valence electrons. The maximum Gasteiger partial charge on any atom is 0.0539 e. The lowest BCUT2D eigenvalue weighted by atomic mass is 9.77. The van der Waals surface area contributed by atoms with Gasteiger partial charge in [0.15, 0.2) is 0 Å². The number of rotatable bonds is 3. The number of fused-ring (bicyclic) bond motifs is 1. The van der Waals surface area contributed by atoms with Gasteiger partial charge in [0.05, 0.1) is 5.54 Å². The molecule has 0 radical (unpaired) electrons. The van der Waals surface area contributed by atoms with Crippen LogP contribution in [0.1, 0.15) is 23.1 Å². The molecule has 2 nitrogen and oxygen atoms in total. The van der Waals surface area contributed by atoms with Crippen LogP contribution in [0.2, 0.25) is 0 Å². The molecule has 20 heavy (non-hydrogen) atoms. The van der Waals surface area contributed by atoms with Gasteiger partial charge in [-0.3, -0.25) is 0 Å². The summed E-state index contributed by atoms with van der Waals surface area (Å²) in [7, 11) is 0. The molecule has 0 amide bonds. The number of hydrogen-bond acceptors (Lipinski definition) is 2. The summed E-state index contributed by atoms with van der Waals surface area (Å²) in [5.74, 6) is 0. The molecule has 0 saturated carbocycles. The fourth-order valence-corrected chi connectivity index (χ4v) is 3.13. The van der Waals surface area contributed by atoms with Gasteiger partial charge in [-0.15, -0.1) is 0 Å². The standard InChI is InChI=1S/C18H22N2/c1-14-6-2-5-9-17(14)20-18(13-19)11-10-15-7-3-4-8-16(15)12-18/h2-9,20H,10-13,19H2,1H3. The van der Waals surface area contributed by atoms with Gasteiger partial charge in [-0.25, -0.2) is 0 Å². The van der Waals surface area contributed by atoms with E-state index in [1.807, 2.05) is 0 Å². The van der Waals surface area contributed by atoms with Crippen molar-refractivity contribution in [2.75, 3.05) is 11.9 Å². The van der Waals surface area contributed by atoms with Crippen molar-refractivity contribution in [3.05, 3.63) is 65.2 Å². The van der Waals surface area contributed by atoms with Gasteiger partial charge in [0.1, 0.15) is 0 Å². The molecule has 0 spiro atoms. The summed E-state index contributed by atoms with van der Waals surface area (Å²) in [5, 5.41) is 3.73. The van der Waals surface area contributed by atoms with Gasteiger partial charge in [0, 0.05) is 12.2 Å². The Hall–Kier alpha value is -1.80. The van der Waals surface area contributed by atoms with E-state index < -0.39 is 0 Å². The van der Waals surface area contributed by atoms with Gasteiger partial charge in [0.2, 0.25) is 0 Å². The highest BCUT2D eigenvalue weighted by molar-refractivity contribution is 5.53. The Morgan fingerprint density at radius 2 is 1.75 bits per heavy atom. The van der Waals surface area contributed by atoms with E-state index in [1.54, 1.807) is 0 Å². The Morgan fingerprint density at radius 1 is 1.05 bits per heavy atom. The van der Waals surface area contributed by atoms with Crippen LogP contribution in [0.25, 0.3) is 0 Å². The highest BCUT2D eigenvalue weighted by atomic mass is 15.0. The van der Waals surface area contributed by atoms with Gasteiger partial charge >= 0.3 is 0 Å². The molecular formula is C18H22N2. The average Bonchev–Trinajstić information content (AvgIpc) is 2.49. The van der Waals surface area contributed by atoms with Crippen LogP contribution in [-0.4, -0.2) is 12.1 Å². The largest absolute Gasteiger partial charge is 0.378 e. The number of nitrogens with one attached hydrogen (secondary N) is 1. The van der Waals surface area contributed by atoms with E-state index in [0.717, 1.165) is 19.3 Å². The third kappa shape index (κ3) is 2.44. The fourth-order valence-electron chi connectivity index (χ4n) is 3.13. The first kappa shape index (κ1) is 13.2. The van der Waals surface area contributed by atoms with E-state index in [1.165, 1.54) is 22.4 Å². The van der Waals surface area contributed by atoms with Crippen molar-refractivity contribution < 1.29 is 0 Å². The lowest BCUT2D eigenvalue weighted by Crippen LogP contribution is -2.50. The lowest BCUT2D eigenvalue weighted by Gasteiger charge is -2.39. The summed E-state index contributed by atoms with van der Waals surface area (Å²) in [5.41, 5.74) is 11.5. The summed E-state index contributed by atoms with van der Waals surface area (Å²) < 4.78 is 0. The van der Waals surface area contributed by atoms with Crippen molar-refractivity contribution >= 4 is 5.69 Å². The van der Waals surface area contributed by atoms with E-state index >= 15 is 0 Å². The molecule has 2 aromatic carbocycles. The second-order valence-corrected chi connectivity index (χ2v) is 5.87. The molecule has 0 aromatic heterocycles. The topological polar surface area (TPSA) is 38.0 Å². The lowest BCUT2D eigenvalue weighted by molar-refractivity contribution is 0.417. The van der Waals surface area contributed by atoms with Crippen molar-refractivity contribution in [1.82, 2.24) is 0 Å². The zero-order chi connectivity index (χ0) is 14.0. The number of para-hydroxylation sites is 1. The summed E-state index contributed by atoms with van der Waals surface area (Å²) in [6.07, 6.45) is 3.20. The number of anilines is 1. The van der Waals surface area contributed by atoms with Crippen molar-refractivity contribution in [3.63, 3.8) is 0 Å². The summed E-state index contributed by atoms with van der Waals surface area (Å²) in [6.45, 7) is 2.80. The van der Waals surface area contributed by atoms with Crippen molar-refractivity contribution in [2.45, 2.75) is 31.7 Å². The Bertz CT molecular complexity index is 606. The van der Waals surface area contributed by atoms with Gasteiger partial charge in [-0.2, -0.15) is 0 Å². The molecule has 1 atom stereocenters. The van der Waals surface area contributed by atoms with Crippen LogP contribution in [0.5, 0.6) is 0 Å². The molecule has 3 N–H and O–H groups in total. The highest BCUT2D eigenvalue weighted by Gasteiger charge is 2.33. The summed E-state index contributed by atoms with van der Waals surface area (Å²) in [6, 6.07) is 17.2. The molecule has 0 fully saturated rings. The first-order valence-corrected chi connectivity index (χ1v) is 7.33. The quantitative estimate of drug-likeness (QED) is 0.894. The molecular weight excluding hydrogens is 244 g/mol. The predicted molar refractivity (Wildman–Crippen MR) is 85.1 cm³/mol. The fraction of sp³-hybridized carbons (Fsp3) is 0.333. The molecule has 0 aliphatic heterocycles. The minimum Gasteiger partial charge on any atom is -0.378 e. The average molecular weight is 266 g/mol. The Morgan fingerprint density at radius 3 is 2.50 bits per heavy atom. The van der Waals surface area contributed by atoms with Crippen molar-refractivity contribution in [1.29, 1.82) is 0 Å². The van der Waals surface area contributed by atoms with E-state index in [-0.39, 0.29) is 5.54 Å². The zero-order valence-electron chi connectivity index (χ0n) is 12.0. The van der Waals surface area contributed by atoms with Crippen molar-refractivity contribution in [3.8, 4) is 0 Å². The van der Waals surface area contributed by atoms with Gasteiger partial charge in [-0.1, -0.05) is 42.5 Å². The third-order valence-corrected chi connectivity index (χ3v) is 4.46. The molecule has 1 aliphatic rings. The summed E-state index contributed by atoms with van der Waals surface area (Å²) >= 11 is 0. The van der Waals surface area contributed by atoms with Crippen LogP contribution < -0.4 is 11.1 Å². The van der Waals surface area contributed by atoms with Gasteiger partial charge < -0.3 is 11.1 Å². The van der Waals surface area contributed by atoms with E-state index in [0.29, 0.717) is 6.54 Å². The van der Waals surface area contributed by atoms with E-state index in [2.05, 4.69) is 60.8 Å². The van der Waals surface area contributed by atoms with Crippen LogP contribution in [-0.2, 0) is 12.8 Å². The monoisotopic (exact) mass is 266 g/mol. The molecule has 1 unspecified atom stereocenters. The Labute approximate surface area is 121 Å². The smallest absolute Gasteiger partial charge is 0.0539 e. The second kappa shape index (κ2) is 5.29. The first-order valence-electron chi connectivity index (χ1n) is 7.33. The zero-order valence-corrected chi connectivity index (χ0v) is 12.0. The van der Waals surface area contributed by atoms with Crippen LogP contribution in [0, 0.1) is 6.92 Å². The van der Waals surface area contributed by atoms with Crippen LogP contribution >= 0.6 is 0 Å². The normalized spacial score (nSPS) is 21.3. The van der Waals surface area contributed by atoms with Crippen LogP contribution in [0.15, 0.2) is 48.5 Å². The Kier molecular flexibility index (Phi) is 3.49. The highest BCUT2D eigenvalue weighted by Crippen LogP contribution is 2.31. The number of aryl methyl sites for hydroxylation is 2. The third-order valence-electron chi connectivity index (χ3n) is 4.46. The molecule has 0 heterocycles. The SMILES string of the molecule is Cc1ccccc1NC1(CN)CCc2ccccc2C1. The molecule has 0 saturated heterocycles. The van der Waals surface area contributed by atoms with Gasteiger partial charge in [0.25, 0.3) is 0 Å². The minimum absolute atomic E-state index is 0.0134.